The standard InChI is InChI=1S/C19H24N2O/c1-14-8-10-16(11-9-14)15(2)21(3)19(22)13-12-17-6-4-5-7-18(17)20/h4-11,15H,12-13,20H2,1-3H3. The number of rotatable bonds is 5. The number of aryl methyl sites for hydroxylation is 2. The number of hydrogen-bond donors (Lipinski definition) is 1. The predicted molar refractivity (Wildman–Crippen MR) is 91.5 cm³/mol. The zero-order valence-corrected chi connectivity index (χ0v) is 13.5. The number of nitrogens with two attached hydrogens (primary N) is 1. The average molecular weight is 296 g/mol. The molecule has 0 radical (unpaired) electrons. The van der Waals surface area contributed by atoms with Crippen LogP contribution in [0.5, 0.6) is 0 Å². The van der Waals surface area contributed by atoms with Crippen LogP contribution in [0.4, 0.5) is 5.69 Å². The Labute approximate surface area is 132 Å². The Morgan fingerprint density at radius 3 is 2.41 bits per heavy atom. The van der Waals surface area contributed by atoms with E-state index in [1.165, 1.54) is 5.56 Å². The minimum absolute atomic E-state index is 0.0706. The van der Waals surface area contributed by atoms with Crippen molar-refractivity contribution in [1.82, 2.24) is 4.90 Å². The summed E-state index contributed by atoms with van der Waals surface area (Å²) in [6, 6.07) is 16.1. The Morgan fingerprint density at radius 1 is 1.14 bits per heavy atom. The van der Waals surface area contributed by atoms with E-state index in [1.807, 2.05) is 36.2 Å². The molecule has 0 aliphatic heterocycles. The fourth-order valence-corrected chi connectivity index (χ4v) is 2.46. The topological polar surface area (TPSA) is 46.3 Å². The molecular formula is C19H24N2O. The van der Waals surface area contributed by atoms with E-state index in [1.54, 1.807) is 0 Å². The monoisotopic (exact) mass is 296 g/mol. The molecule has 0 spiro atoms. The molecule has 0 saturated carbocycles. The maximum Gasteiger partial charge on any atom is 0.223 e. The molecule has 1 amide bonds. The van der Waals surface area contributed by atoms with Crippen LogP contribution >= 0.6 is 0 Å². The summed E-state index contributed by atoms with van der Waals surface area (Å²) in [7, 11) is 1.86. The molecular weight excluding hydrogens is 272 g/mol. The van der Waals surface area contributed by atoms with Crippen LogP contribution < -0.4 is 5.73 Å². The number of benzene rings is 2. The van der Waals surface area contributed by atoms with Crippen LogP contribution in [0, 0.1) is 6.92 Å². The zero-order chi connectivity index (χ0) is 16.1. The minimum atomic E-state index is 0.0706. The first kappa shape index (κ1) is 16.1. The van der Waals surface area contributed by atoms with Gasteiger partial charge in [-0.2, -0.15) is 0 Å². The van der Waals surface area contributed by atoms with E-state index >= 15 is 0 Å². The van der Waals surface area contributed by atoms with Gasteiger partial charge in [-0.05, 0) is 37.5 Å². The van der Waals surface area contributed by atoms with Gasteiger partial charge in [0.25, 0.3) is 0 Å². The molecule has 116 valence electrons. The molecule has 22 heavy (non-hydrogen) atoms. The number of carbonyl (C=O) groups is 1. The highest BCUT2D eigenvalue weighted by atomic mass is 16.2. The average Bonchev–Trinajstić information content (AvgIpc) is 2.53. The lowest BCUT2D eigenvalue weighted by molar-refractivity contribution is -0.131. The van der Waals surface area contributed by atoms with Gasteiger partial charge in [0.1, 0.15) is 0 Å². The number of nitrogens with zero attached hydrogens (tertiary/aromatic N) is 1. The van der Waals surface area contributed by atoms with Crippen molar-refractivity contribution < 1.29 is 4.79 Å². The third-order valence-corrected chi connectivity index (χ3v) is 4.20. The van der Waals surface area contributed by atoms with Crippen molar-refractivity contribution in [3.8, 4) is 0 Å². The minimum Gasteiger partial charge on any atom is -0.399 e. The molecule has 0 fully saturated rings. The van der Waals surface area contributed by atoms with E-state index < -0.39 is 0 Å². The summed E-state index contributed by atoms with van der Waals surface area (Å²) in [5.74, 6) is 0.135. The van der Waals surface area contributed by atoms with Crippen molar-refractivity contribution in [2.45, 2.75) is 32.7 Å². The largest absolute Gasteiger partial charge is 0.399 e. The Bertz CT molecular complexity index is 634. The van der Waals surface area contributed by atoms with Gasteiger partial charge in [0, 0.05) is 19.2 Å². The number of hydrogen-bond acceptors (Lipinski definition) is 2. The van der Waals surface area contributed by atoms with E-state index in [9.17, 15) is 4.79 Å². The lowest BCUT2D eigenvalue weighted by Crippen LogP contribution is -2.29. The van der Waals surface area contributed by atoms with Gasteiger partial charge < -0.3 is 10.6 Å². The van der Waals surface area contributed by atoms with E-state index in [-0.39, 0.29) is 11.9 Å². The second-order valence-electron chi connectivity index (χ2n) is 5.79. The Balaban J connectivity index is 1.97. The highest BCUT2D eigenvalue weighted by Gasteiger charge is 2.17. The van der Waals surface area contributed by atoms with E-state index in [2.05, 4.69) is 38.1 Å². The third-order valence-electron chi connectivity index (χ3n) is 4.20. The normalized spacial score (nSPS) is 12.0. The van der Waals surface area contributed by atoms with Crippen LogP contribution in [0.2, 0.25) is 0 Å². The van der Waals surface area contributed by atoms with Gasteiger partial charge in [0.15, 0.2) is 0 Å². The molecule has 2 aromatic carbocycles. The Hall–Kier alpha value is -2.29. The van der Waals surface area contributed by atoms with Crippen LogP contribution in [-0.2, 0) is 11.2 Å². The second-order valence-corrected chi connectivity index (χ2v) is 5.79. The highest BCUT2D eigenvalue weighted by Crippen LogP contribution is 2.21. The van der Waals surface area contributed by atoms with Crippen molar-refractivity contribution in [1.29, 1.82) is 0 Å². The summed E-state index contributed by atoms with van der Waals surface area (Å²) in [6.45, 7) is 4.12. The lowest BCUT2D eigenvalue weighted by Gasteiger charge is -2.25. The van der Waals surface area contributed by atoms with Gasteiger partial charge in [-0.3, -0.25) is 4.79 Å². The van der Waals surface area contributed by atoms with Crippen molar-refractivity contribution in [2.75, 3.05) is 12.8 Å². The smallest absolute Gasteiger partial charge is 0.223 e. The first-order chi connectivity index (χ1) is 10.5. The zero-order valence-electron chi connectivity index (χ0n) is 13.5. The number of amides is 1. The molecule has 3 nitrogen and oxygen atoms in total. The summed E-state index contributed by atoms with van der Waals surface area (Å²) in [5.41, 5.74) is 10.1. The fourth-order valence-electron chi connectivity index (χ4n) is 2.46. The summed E-state index contributed by atoms with van der Waals surface area (Å²) in [4.78, 5) is 14.2. The molecule has 0 heterocycles. The third kappa shape index (κ3) is 3.88. The van der Waals surface area contributed by atoms with Gasteiger partial charge in [-0.25, -0.2) is 0 Å². The Kier molecular flexibility index (Phi) is 5.21. The molecule has 2 rings (SSSR count). The van der Waals surface area contributed by atoms with Gasteiger partial charge in [-0.15, -0.1) is 0 Å². The molecule has 1 atom stereocenters. The Morgan fingerprint density at radius 2 is 1.77 bits per heavy atom. The van der Waals surface area contributed by atoms with Crippen LogP contribution in [0.25, 0.3) is 0 Å². The summed E-state index contributed by atoms with van der Waals surface area (Å²) in [6.07, 6.45) is 1.15. The van der Waals surface area contributed by atoms with Gasteiger partial charge >= 0.3 is 0 Å². The first-order valence-electron chi connectivity index (χ1n) is 7.64. The lowest BCUT2D eigenvalue weighted by atomic mass is 10.0. The van der Waals surface area contributed by atoms with Crippen LogP contribution in [0.15, 0.2) is 48.5 Å². The van der Waals surface area contributed by atoms with Crippen molar-refractivity contribution >= 4 is 11.6 Å². The summed E-state index contributed by atoms with van der Waals surface area (Å²) < 4.78 is 0. The highest BCUT2D eigenvalue weighted by molar-refractivity contribution is 5.77. The number of nitrogen functional groups attached to an aromatic ring is 1. The predicted octanol–water partition coefficient (Wildman–Crippen LogP) is 3.73. The molecule has 0 saturated heterocycles. The molecule has 2 aromatic rings. The number of anilines is 1. The molecule has 1 unspecified atom stereocenters. The van der Waals surface area contributed by atoms with Crippen LogP contribution in [0.3, 0.4) is 0 Å². The quantitative estimate of drug-likeness (QED) is 0.855. The maximum atomic E-state index is 12.4. The van der Waals surface area contributed by atoms with Gasteiger partial charge in [-0.1, -0.05) is 48.0 Å². The number of para-hydroxylation sites is 1. The van der Waals surface area contributed by atoms with E-state index in [4.69, 9.17) is 5.73 Å². The van der Waals surface area contributed by atoms with Crippen molar-refractivity contribution in [3.05, 3.63) is 65.2 Å². The van der Waals surface area contributed by atoms with E-state index in [0.717, 1.165) is 16.8 Å². The van der Waals surface area contributed by atoms with Crippen LogP contribution in [-0.4, -0.2) is 17.9 Å². The molecule has 2 N–H and O–H groups in total. The molecule has 0 bridgehead atoms. The van der Waals surface area contributed by atoms with E-state index in [0.29, 0.717) is 12.8 Å². The summed E-state index contributed by atoms with van der Waals surface area (Å²) >= 11 is 0. The maximum absolute atomic E-state index is 12.4. The molecule has 0 aromatic heterocycles. The van der Waals surface area contributed by atoms with Gasteiger partial charge in [0.2, 0.25) is 5.91 Å². The molecule has 0 aliphatic rings. The SMILES string of the molecule is Cc1ccc(C(C)N(C)C(=O)CCc2ccccc2N)cc1. The van der Waals surface area contributed by atoms with Gasteiger partial charge in [0.05, 0.1) is 6.04 Å². The first-order valence-corrected chi connectivity index (χ1v) is 7.64. The van der Waals surface area contributed by atoms with Crippen LogP contribution in [0.1, 0.15) is 36.1 Å². The molecule has 0 aliphatic carbocycles. The van der Waals surface area contributed by atoms with Crippen molar-refractivity contribution in [3.63, 3.8) is 0 Å². The summed E-state index contributed by atoms with van der Waals surface area (Å²) in [5, 5.41) is 0. The molecule has 3 heteroatoms. The number of carbonyl (C=O) groups excluding carboxylic acids is 1. The second kappa shape index (κ2) is 7.12. The van der Waals surface area contributed by atoms with Crippen molar-refractivity contribution in [2.24, 2.45) is 0 Å². The fraction of sp³-hybridized carbons (Fsp3) is 0.316.